The van der Waals surface area contributed by atoms with Crippen LogP contribution in [-0.2, 0) is 12.8 Å². The largest absolute Gasteiger partial charge is 0.355 e. The lowest BCUT2D eigenvalue weighted by atomic mass is 10.1. The van der Waals surface area contributed by atoms with Crippen LogP contribution in [-0.4, -0.2) is 19.9 Å². The highest BCUT2D eigenvalue weighted by Gasteiger charge is 2.07. The summed E-state index contributed by atoms with van der Waals surface area (Å²) in [6.07, 6.45) is 12.3. The molecule has 5 rings (SSSR count). The molecule has 0 radical (unpaired) electrons. The van der Waals surface area contributed by atoms with Crippen LogP contribution < -0.4 is 0 Å². The van der Waals surface area contributed by atoms with Crippen LogP contribution in [0.25, 0.3) is 46.4 Å². The van der Waals surface area contributed by atoms with Crippen LogP contribution in [0.15, 0.2) is 36.4 Å². The number of hydrogen-bond acceptors (Lipinski definition) is 4. The summed E-state index contributed by atoms with van der Waals surface area (Å²) in [7, 11) is 0. The molecule has 3 aromatic rings. The number of aryl methyl sites for hydroxylation is 2. The number of H-pyrrole nitrogens is 2. The Hall–Kier alpha value is -4.42. The van der Waals surface area contributed by atoms with E-state index in [1.165, 1.54) is 11.1 Å². The minimum atomic E-state index is 0.531. The van der Waals surface area contributed by atoms with E-state index in [2.05, 4.69) is 40.3 Å². The first-order chi connectivity index (χ1) is 16.7. The summed E-state index contributed by atoms with van der Waals surface area (Å²) in [5, 5.41) is 18.0. The molecule has 0 aliphatic carbocycles. The highest BCUT2D eigenvalue weighted by molar-refractivity contribution is 5.79. The van der Waals surface area contributed by atoms with Crippen molar-refractivity contribution in [2.24, 2.45) is 0 Å². The monoisotopic (exact) mass is 444 g/mol. The van der Waals surface area contributed by atoms with Gasteiger partial charge >= 0.3 is 0 Å². The van der Waals surface area contributed by atoms with Gasteiger partial charge in [0, 0.05) is 34.9 Å². The maximum Gasteiger partial charge on any atom is 0.0659 e. The molecule has 0 saturated heterocycles. The summed E-state index contributed by atoms with van der Waals surface area (Å²) in [5.74, 6) is 0. The number of nitriles is 2. The standard InChI is InChI=1S/C28H24N6/c29-11-3-1-5-19-13-25-16-23-9-7-21(31-23)15-22-8-10-24(32-22)17-26-14-20(6-2-4-12-30)28(34-26)18-27(19)33-25/h7-10,13-18,33-34H,1-6H2. The molecule has 2 aliphatic heterocycles. The van der Waals surface area contributed by atoms with Crippen LogP contribution in [0.5, 0.6) is 0 Å². The van der Waals surface area contributed by atoms with Gasteiger partial charge in [-0.3, -0.25) is 0 Å². The first-order valence-corrected chi connectivity index (χ1v) is 11.5. The van der Waals surface area contributed by atoms with Gasteiger partial charge in [-0.25, -0.2) is 9.97 Å². The fraction of sp³-hybridized carbons (Fsp3) is 0.214. The minimum absolute atomic E-state index is 0.531. The SMILES string of the molecule is N#CCCCc1cc2cc3nc(cc4nc(cc5cc(CCCC#N)c(cc1[nH]2)[nH]5)C=C4)C=C3. The Kier molecular flexibility index (Phi) is 6.05. The maximum atomic E-state index is 8.99. The van der Waals surface area contributed by atoms with Gasteiger partial charge < -0.3 is 9.97 Å². The van der Waals surface area contributed by atoms with Crippen molar-refractivity contribution in [3.8, 4) is 12.1 Å². The van der Waals surface area contributed by atoms with Crippen molar-refractivity contribution >= 4 is 46.4 Å². The smallest absolute Gasteiger partial charge is 0.0659 e. The first kappa shape index (κ1) is 21.4. The molecule has 166 valence electrons. The lowest BCUT2D eigenvalue weighted by Gasteiger charge is -1.97. The summed E-state index contributed by atoms with van der Waals surface area (Å²) >= 11 is 0. The topological polar surface area (TPSA) is 105 Å². The van der Waals surface area contributed by atoms with E-state index >= 15 is 0 Å². The number of unbranched alkanes of at least 4 members (excludes halogenated alkanes) is 2. The second-order valence-electron chi connectivity index (χ2n) is 8.52. The van der Waals surface area contributed by atoms with Gasteiger partial charge in [0.2, 0.25) is 0 Å². The average molecular weight is 445 g/mol. The van der Waals surface area contributed by atoms with Gasteiger partial charge in [0.1, 0.15) is 0 Å². The molecule has 3 aromatic heterocycles. The van der Waals surface area contributed by atoms with Gasteiger partial charge in [-0.05, 0) is 97.5 Å². The molecule has 0 atom stereocenters. The van der Waals surface area contributed by atoms with E-state index in [1.54, 1.807) is 0 Å². The molecule has 5 heterocycles. The third-order valence-electron chi connectivity index (χ3n) is 5.94. The second kappa shape index (κ2) is 9.60. The fourth-order valence-electron chi connectivity index (χ4n) is 4.34. The van der Waals surface area contributed by atoms with Crippen molar-refractivity contribution in [3.63, 3.8) is 0 Å². The Bertz CT molecular complexity index is 1420. The summed E-state index contributed by atoms with van der Waals surface area (Å²) in [6.45, 7) is 0. The van der Waals surface area contributed by atoms with E-state index in [4.69, 9.17) is 20.5 Å². The Morgan fingerprint density at radius 2 is 1.03 bits per heavy atom. The number of rotatable bonds is 6. The Balaban J connectivity index is 1.74. The second-order valence-corrected chi connectivity index (χ2v) is 8.52. The molecule has 0 aromatic carbocycles. The van der Waals surface area contributed by atoms with Gasteiger partial charge in [0.25, 0.3) is 0 Å². The molecular weight excluding hydrogens is 420 g/mol. The molecule has 6 heteroatoms. The van der Waals surface area contributed by atoms with E-state index in [0.29, 0.717) is 12.8 Å². The third kappa shape index (κ3) is 4.82. The number of nitrogens with zero attached hydrogens (tertiary/aromatic N) is 4. The maximum absolute atomic E-state index is 8.99. The summed E-state index contributed by atoms with van der Waals surface area (Å²) in [6, 6.07) is 17.0. The van der Waals surface area contributed by atoms with Gasteiger partial charge in [-0.15, -0.1) is 0 Å². The van der Waals surface area contributed by atoms with E-state index in [-0.39, 0.29) is 0 Å². The lowest BCUT2D eigenvalue weighted by molar-refractivity contribution is 0.855. The zero-order chi connectivity index (χ0) is 23.3. The van der Waals surface area contributed by atoms with Crippen LogP contribution >= 0.6 is 0 Å². The number of aromatic nitrogens is 4. The first-order valence-electron chi connectivity index (χ1n) is 11.5. The predicted octanol–water partition coefficient (Wildman–Crippen LogP) is 6.35. The van der Waals surface area contributed by atoms with Crippen LogP contribution in [0.2, 0.25) is 0 Å². The van der Waals surface area contributed by atoms with Gasteiger partial charge in [0.05, 0.1) is 34.9 Å². The van der Waals surface area contributed by atoms with E-state index in [1.807, 2.05) is 42.5 Å². The number of hydrogen-bond donors (Lipinski definition) is 2. The van der Waals surface area contributed by atoms with Crippen molar-refractivity contribution in [1.82, 2.24) is 19.9 Å². The molecule has 8 bridgehead atoms. The molecule has 0 spiro atoms. The predicted molar refractivity (Wildman–Crippen MR) is 136 cm³/mol. The van der Waals surface area contributed by atoms with Gasteiger partial charge in [0.15, 0.2) is 0 Å². The fourth-order valence-corrected chi connectivity index (χ4v) is 4.34. The number of aromatic amines is 2. The third-order valence-corrected chi connectivity index (χ3v) is 5.94. The normalized spacial score (nSPS) is 11.9. The molecule has 34 heavy (non-hydrogen) atoms. The quantitative estimate of drug-likeness (QED) is 0.298. The molecule has 6 nitrogen and oxygen atoms in total. The molecule has 0 fully saturated rings. The molecule has 0 amide bonds. The van der Waals surface area contributed by atoms with E-state index < -0.39 is 0 Å². The number of fused-ring (bicyclic) bond motifs is 8. The Morgan fingerprint density at radius 1 is 0.588 bits per heavy atom. The van der Waals surface area contributed by atoms with E-state index in [9.17, 15) is 0 Å². The zero-order valence-electron chi connectivity index (χ0n) is 18.8. The summed E-state index contributed by atoms with van der Waals surface area (Å²) < 4.78 is 0. The van der Waals surface area contributed by atoms with Crippen LogP contribution in [0.3, 0.4) is 0 Å². The summed E-state index contributed by atoms with van der Waals surface area (Å²) in [5.41, 5.74) is 9.87. The van der Waals surface area contributed by atoms with Crippen LogP contribution in [0.4, 0.5) is 0 Å². The average Bonchev–Trinajstić information content (AvgIpc) is 3.60. The molecule has 2 N–H and O–H groups in total. The van der Waals surface area contributed by atoms with Gasteiger partial charge in [-0.2, -0.15) is 10.5 Å². The van der Waals surface area contributed by atoms with Crippen LogP contribution in [0, 0.1) is 22.7 Å². The highest BCUT2D eigenvalue weighted by Crippen LogP contribution is 2.23. The Morgan fingerprint density at radius 3 is 1.47 bits per heavy atom. The molecule has 2 aliphatic rings. The molecule has 0 unspecified atom stereocenters. The van der Waals surface area contributed by atoms with Crippen molar-refractivity contribution in [1.29, 1.82) is 10.5 Å². The van der Waals surface area contributed by atoms with Crippen molar-refractivity contribution in [2.45, 2.75) is 38.5 Å². The van der Waals surface area contributed by atoms with Gasteiger partial charge in [-0.1, -0.05) is 0 Å². The lowest BCUT2D eigenvalue weighted by Crippen LogP contribution is -1.84. The minimum Gasteiger partial charge on any atom is -0.355 e. The highest BCUT2D eigenvalue weighted by atomic mass is 14.8. The Labute approximate surface area is 198 Å². The van der Waals surface area contributed by atoms with Crippen molar-refractivity contribution in [2.75, 3.05) is 0 Å². The van der Waals surface area contributed by atoms with E-state index in [0.717, 1.165) is 70.5 Å². The molecular formula is C28H24N6. The van der Waals surface area contributed by atoms with Crippen molar-refractivity contribution < 1.29 is 0 Å². The van der Waals surface area contributed by atoms with Crippen molar-refractivity contribution in [3.05, 3.63) is 70.3 Å². The number of nitrogens with one attached hydrogen (secondary N) is 2. The zero-order valence-corrected chi connectivity index (χ0v) is 18.8. The molecule has 0 saturated carbocycles. The van der Waals surface area contributed by atoms with Crippen LogP contribution in [0.1, 0.15) is 59.6 Å². The summed E-state index contributed by atoms with van der Waals surface area (Å²) in [4.78, 5) is 16.5.